The largest absolute Gasteiger partial charge is 0.298 e. The Hall–Kier alpha value is -4.14. The first-order valence-corrected chi connectivity index (χ1v) is 8.82. The first-order valence-electron chi connectivity index (χ1n) is 8.82. The van der Waals surface area contributed by atoms with Gasteiger partial charge < -0.3 is 0 Å². The van der Waals surface area contributed by atoms with Gasteiger partial charge in [-0.1, -0.05) is 24.3 Å². The molecule has 0 radical (unpaired) electrons. The number of imidazole rings is 1. The lowest BCUT2D eigenvalue weighted by atomic mass is 10.1. The molecule has 0 saturated carbocycles. The zero-order valence-corrected chi connectivity index (χ0v) is 15.4. The molecule has 0 fully saturated rings. The molecule has 3 heterocycles. The van der Waals surface area contributed by atoms with E-state index in [9.17, 15) is 14.9 Å². The minimum Gasteiger partial charge on any atom is -0.298 e. The van der Waals surface area contributed by atoms with Gasteiger partial charge in [0.05, 0.1) is 28.4 Å². The molecule has 0 atom stereocenters. The van der Waals surface area contributed by atoms with Crippen molar-refractivity contribution in [1.29, 1.82) is 0 Å². The first kappa shape index (κ1) is 18.2. The van der Waals surface area contributed by atoms with Crippen molar-refractivity contribution in [3.05, 3.63) is 82.3 Å². The summed E-state index contributed by atoms with van der Waals surface area (Å²) in [7, 11) is 0. The zero-order valence-electron chi connectivity index (χ0n) is 15.4. The summed E-state index contributed by atoms with van der Waals surface area (Å²) in [5, 5.41) is 13.7. The SMILES string of the molecule is Cc1nc2ccccn2c1-c1ccnc(NC(=O)Cc2ccccc2[N+](=O)[O-])n1. The highest BCUT2D eigenvalue weighted by Crippen LogP contribution is 2.24. The molecule has 3 aromatic heterocycles. The van der Waals surface area contributed by atoms with Crippen molar-refractivity contribution in [1.82, 2.24) is 19.4 Å². The summed E-state index contributed by atoms with van der Waals surface area (Å²) in [6.45, 7) is 1.89. The Kier molecular flexibility index (Phi) is 4.70. The molecule has 0 bridgehead atoms. The average molecular weight is 388 g/mol. The summed E-state index contributed by atoms with van der Waals surface area (Å²) in [4.78, 5) is 36.0. The van der Waals surface area contributed by atoms with Crippen LogP contribution in [0.15, 0.2) is 60.9 Å². The number of para-hydroxylation sites is 1. The Morgan fingerprint density at radius 2 is 1.93 bits per heavy atom. The summed E-state index contributed by atoms with van der Waals surface area (Å²) in [6.07, 6.45) is 3.28. The van der Waals surface area contributed by atoms with E-state index in [4.69, 9.17) is 0 Å². The van der Waals surface area contributed by atoms with Crippen LogP contribution in [0.2, 0.25) is 0 Å². The molecule has 1 aromatic carbocycles. The molecule has 29 heavy (non-hydrogen) atoms. The van der Waals surface area contributed by atoms with Crippen LogP contribution in [0, 0.1) is 17.0 Å². The summed E-state index contributed by atoms with van der Waals surface area (Å²) in [5.41, 5.74) is 3.23. The van der Waals surface area contributed by atoms with Gasteiger partial charge in [0.2, 0.25) is 11.9 Å². The number of nitro groups is 1. The average Bonchev–Trinajstić information content (AvgIpc) is 3.04. The van der Waals surface area contributed by atoms with Gasteiger partial charge in [-0.3, -0.25) is 24.6 Å². The molecule has 0 aliphatic carbocycles. The standard InChI is InChI=1S/C20H16N6O3/c1-13-19(25-11-5-4-8-17(25)22-13)15-9-10-21-20(23-15)24-18(27)12-14-6-2-3-7-16(14)26(28)29/h2-11H,12H2,1H3,(H,21,23,24,27). The van der Waals surface area contributed by atoms with E-state index in [-0.39, 0.29) is 18.1 Å². The number of benzene rings is 1. The second kappa shape index (κ2) is 7.47. The number of nitrogens with zero attached hydrogens (tertiary/aromatic N) is 5. The Morgan fingerprint density at radius 1 is 1.14 bits per heavy atom. The highest BCUT2D eigenvalue weighted by Gasteiger charge is 2.17. The molecule has 1 amide bonds. The number of hydrogen-bond donors (Lipinski definition) is 1. The number of aromatic nitrogens is 4. The topological polar surface area (TPSA) is 115 Å². The van der Waals surface area contributed by atoms with E-state index in [0.717, 1.165) is 17.0 Å². The van der Waals surface area contributed by atoms with Crippen molar-refractivity contribution in [3.8, 4) is 11.4 Å². The molecule has 4 aromatic rings. The second-order valence-electron chi connectivity index (χ2n) is 6.35. The van der Waals surface area contributed by atoms with Gasteiger partial charge in [0, 0.05) is 24.0 Å². The molecule has 0 aliphatic heterocycles. The molecule has 9 heteroatoms. The maximum absolute atomic E-state index is 12.4. The highest BCUT2D eigenvalue weighted by atomic mass is 16.6. The fraction of sp³-hybridized carbons (Fsp3) is 0.100. The first-order chi connectivity index (χ1) is 14.0. The number of aryl methyl sites for hydroxylation is 1. The molecule has 4 rings (SSSR count). The van der Waals surface area contributed by atoms with Crippen LogP contribution in [0.4, 0.5) is 11.6 Å². The lowest BCUT2D eigenvalue weighted by Gasteiger charge is -2.07. The number of carbonyl (C=O) groups excluding carboxylic acids is 1. The maximum Gasteiger partial charge on any atom is 0.273 e. The number of carbonyl (C=O) groups is 1. The highest BCUT2D eigenvalue weighted by molar-refractivity contribution is 5.91. The van der Waals surface area contributed by atoms with E-state index >= 15 is 0 Å². The second-order valence-corrected chi connectivity index (χ2v) is 6.35. The van der Waals surface area contributed by atoms with Crippen molar-refractivity contribution >= 4 is 23.2 Å². The molecule has 9 nitrogen and oxygen atoms in total. The molecule has 144 valence electrons. The molecule has 0 saturated heterocycles. The lowest BCUT2D eigenvalue weighted by molar-refractivity contribution is -0.385. The Labute approximate surface area is 165 Å². The maximum atomic E-state index is 12.4. The quantitative estimate of drug-likeness (QED) is 0.415. The normalized spacial score (nSPS) is 10.8. The van der Waals surface area contributed by atoms with E-state index in [1.807, 2.05) is 35.7 Å². The van der Waals surface area contributed by atoms with E-state index in [1.54, 1.807) is 30.5 Å². The summed E-state index contributed by atoms with van der Waals surface area (Å²) < 4.78 is 1.91. The lowest BCUT2D eigenvalue weighted by Crippen LogP contribution is -2.17. The van der Waals surface area contributed by atoms with Gasteiger partial charge in [-0.05, 0) is 25.1 Å². The van der Waals surface area contributed by atoms with E-state index < -0.39 is 10.8 Å². The van der Waals surface area contributed by atoms with E-state index in [1.165, 1.54) is 6.07 Å². The molecular weight excluding hydrogens is 372 g/mol. The predicted octanol–water partition coefficient (Wildman–Crippen LogP) is 3.19. The van der Waals surface area contributed by atoms with Crippen LogP contribution in [0.5, 0.6) is 0 Å². The third-order valence-electron chi connectivity index (χ3n) is 4.39. The van der Waals surface area contributed by atoms with Crippen molar-refractivity contribution < 1.29 is 9.72 Å². The number of pyridine rings is 1. The fourth-order valence-corrected chi connectivity index (χ4v) is 3.15. The van der Waals surface area contributed by atoms with Gasteiger partial charge >= 0.3 is 0 Å². The van der Waals surface area contributed by atoms with E-state index in [0.29, 0.717) is 11.3 Å². The van der Waals surface area contributed by atoms with Gasteiger partial charge in [-0.25, -0.2) is 15.0 Å². The van der Waals surface area contributed by atoms with Crippen LogP contribution in [-0.4, -0.2) is 30.2 Å². The van der Waals surface area contributed by atoms with Crippen LogP contribution in [0.3, 0.4) is 0 Å². The Balaban J connectivity index is 1.59. The van der Waals surface area contributed by atoms with Gasteiger partial charge in [0.1, 0.15) is 5.65 Å². The monoisotopic (exact) mass is 388 g/mol. The Bertz CT molecular complexity index is 1230. The van der Waals surface area contributed by atoms with Crippen LogP contribution < -0.4 is 5.32 Å². The number of amides is 1. The van der Waals surface area contributed by atoms with Crippen LogP contribution in [0.1, 0.15) is 11.3 Å². The number of anilines is 1. The zero-order chi connectivity index (χ0) is 20.4. The van der Waals surface area contributed by atoms with Crippen molar-refractivity contribution in [2.45, 2.75) is 13.3 Å². The molecule has 0 spiro atoms. The van der Waals surface area contributed by atoms with Crippen LogP contribution >= 0.6 is 0 Å². The molecule has 0 aliphatic rings. The minimum absolute atomic E-state index is 0.0985. The Morgan fingerprint density at radius 3 is 2.76 bits per heavy atom. The van der Waals surface area contributed by atoms with Gasteiger partial charge in [-0.15, -0.1) is 0 Å². The number of nitro benzene ring substituents is 1. The summed E-state index contributed by atoms with van der Waals surface area (Å²) in [5.74, 6) is -0.317. The van der Waals surface area contributed by atoms with Crippen LogP contribution in [-0.2, 0) is 11.2 Å². The number of hydrogen-bond acceptors (Lipinski definition) is 6. The molecule has 0 unspecified atom stereocenters. The third-order valence-corrected chi connectivity index (χ3v) is 4.39. The van der Waals surface area contributed by atoms with E-state index in [2.05, 4.69) is 20.3 Å². The van der Waals surface area contributed by atoms with Crippen molar-refractivity contribution in [2.24, 2.45) is 0 Å². The molecule has 1 N–H and O–H groups in total. The van der Waals surface area contributed by atoms with Crippen molar-refractivity contribution in [3.63, 3.8) is 0 Å². The number of nitrogens with one attached hydrogen (secondary N) is 1. The summed E-state index contributed by atoms with van der Waals surface area (Å²) in [6, 6.07) is 13.6. The smallest absolute Gasteiger partial charge is 0.273 e. The number of fused-ring (bicyclic) bond motifs is 1. The van der Waals surface area contributed by atoms with Gasteiger partial charge in [0.25, 0.3) is 5.69 Å². The van der Waals surface area contributed by atoms with Gasteiger partial charge in [0.15, 0.2) is 0 Å². The van der Waals surface area contributed by atoms with Crippen LogP contribution in [0.25, 0.3) is 17.0 Å². The fourth-order valence-electron chi connectivity index (χ4n) is 3.15. The minimum atomic E-state index is -0.507. The summed E-state index contributed by atoms with van der Waals surface area (Å²) >= 11 is 0. The molecular formula is C20H16N6O3. The predicted molar refractivity (Wildman–Crippen MR) is 106 cm³/mol. The third kappa shape index (κ3) is 3.65. The number of rotatable bonds is 5. The van der Waals surface area contributed by atoms with Crippen molar-refractivity contribution in [2.75, 3.05) is 5.32 Å². The van der Waals surface area contributed by atoms with Gasteiger partial charge in [-0.2, -0.15) is 0 Å².